The number of piperazine rings is 1. The minimum Gasteiger partial charge on any atom is -0.480 e. The predicted molar refractivity (Wildman–Crippen MR) is 73.2 cm³/mol. The first-order chi connectivity index (χ1) is 9.91. The number of aliphatic carboxylic acids is 1. The molecular weight excluding hydrogens is 278 g/mol. The van der Waals surface area contributed by atoms with Gasteiger partial charge in [-0.3, -0.25) is 14.9 Å². The number of nitro groups is 1. The molecule has 1 aliphatic rings. The van der Waals surface area contributed by atoms with Gasteiger partial charge in [0.15, 0.2) is 0 Å². The average Bonchev–Trinajstić information content (AvgIpc) is 2.46. The first kappa shape index (κ1) is 14.9. The molecule has 0 aromatic heterocycles. The lowest BCUT2D eigenvalue weighted by Gasteiger charge is -2.33. The lowest BCUT2D eigenvalue weighted by atomic mass is 10.1. The smallest absolute Gasteiger partial charge is 0.327 e. The summed E-state index contributed by atoms with van der Waals surface area (Å²) < 4.78 is 0. The highest BCUT2D eigenvalue weighted by Crippen LogP contribution is 2.23. The SMILES string of the molecule is Cc1ccc([N+](=O)[O-])c(C(=O)N2CCNCC2C(=O)O)c1. The lowest BCUT2D eigenvalue weighted by Crippen LogP contribution is -2.57. The maximum Gasteiger partial charge on any atom is 0.327 e. The van der Waals surface area contributed by atoms with Crippen molar-refractivity contribution in [2.45, 2.75) is 13.0 Å². The predicted octanol–water partition coefficient (Wildman–Crippen LogP) is 0.402. The van der Waals surface area contributed by atoms with Crippen molar-refractivity contribution in [3.63, 3.8) is 0 Å². The van der Waals surface area contributed by atoms with E-state index in [1.165, 1.54) is 17.0 Å². The molecular formula is C13H15N3O5. The molecule has 8 heteroatoms. The molecule has 112 valence electrons. The van der Waals surface area contributed by atoms with Crippen LogP contribution < -0.4 is 5.32 Å². The van der Waals surface area contributed by atoms with Gasteiger partial charge in [0.2, 0.25) is 0 Å². The number of rotatable bonds is 3. The highest BCUT2D eigenvalue weighted by molar-refractivity contribution is 6.00. The number of hydrogen-bond donors (Lipinski definition) is 2. The van der Waals surface area contributed by atoms with Crippen molar-refractivity contribution >= 4 is 17.6 Å². The Bertz CT molecular complexity index is 601. The minimum atomic E-state index is -1.13. The third-order valence-corrected chi connectivity index (χ3v) is 3.37. The van der Waals surface area contributed by atoms with Crippen molar-refractivity contribution in [2.24, 2.45) is 0 Å². The number of carboxylic acids is 1. The van der Waals surface area contributed by atoms with Crippen LogP contribution in [-0.4, -0.2) is 52.5 Å². The van der Waals surface area contributed by atoms with Crippen LogP contribution in [0.4, 0.5) is 5.69 Å². The zero-order valence-corrected chi connectivity index (χ0v) is 11.4. The lowest BCUT2D eigenvalue weighted by molar-refractivity contribution is -0.385. The number of carboxylic acid groups (broad SMARTS) is 1. The van der Waals surface area contributed by atoms with Gasteiger partial charge >= 0.3 is 5.97 Å². The van der Waals surface area contributed by atoms with Gasteiger partial charge in [0.05, 0.1) is 4.92 Å². The molecule has 8 nitrogen and oxygen atoms in total. The van der Waals surface area contributed by atoms with Gasteiger partial charge in [-0.25, -0.2) is 4.79 Å². The topological polar surface area (TPSA) is 113 Å². The second-order valence-electron chi connectivity index (χ2n) is 4.83. The van der Waals surface area contributed by atoms with Crippen LogP contribution in [0.1, 0.15) is 15.9 Å². The van der Waals surface area contributed by atoms with Crippen molar-refractivity contribution in [3.05, 3.63) is 39.4 Å². The van der Waals surface area contributed by atoms with Crippen LogP contribution >= 0.6 is 0 Å². The molecule has 2 N–H and O–H groups in total. The number of nitrogens with one attached hydrogen (secondary N) is 1. The Kier molecular flexibility index (Phi) is 4.18. The fourth-order valence-corrected chi connectivity index (χ4v) is 2.30. The molecule has 1 amide bonds. The average molecular weight is 293 g/mol. The summed E-state index contributed by atoms with van der Waals surface area (Å²) in [5.41, 5.74) is 0.312. The van der Waals surface area contributed by atoms with E-state index in [2.05, 4.69) is 5.32 Å². The van der Waals surface area contributed by atoms with Gasteiger partial charge in [0.25, 0.3) is 11.6 Å². The zero-order chi connectivity index (χ0) is 15.6. The number of amides is 1. The van der Waals surface area contributed by atoms with Crippen LogP contribution in [0.15, 0.2) is 18.2 Å². The standard InChI is InChI=1S/C13H15N3O5/c1-8-2-3-10(16(20)21)9(6-8)12(17)15-5-4-14-7-11(15)13(18)19/h2-3,6,11,14H,4-5,7H2,1H3,(H,18,19). The van der Waals surface area contributed by atoms with E-state index in [0.717, 1.165) is 0 Å². The Morgan fingerprint density at radius 1 is 1.48 bits per heavy atom. The molecule has 2 rings (SSSR count). The molecule has 0 aliphatic carbocycles. The number of hydrogen-bond acceptors (Lipinski definition) is 5. The Labute approximate surface area is 120 Å². The maximum absolute atomic E-state index is 12.5. The molecule has 1 aliphatic heterocycles. The van der Waals surface area contributed by atoms with Crippen molar-refractivity contribution < 1.29 is 19.6 Å². The van der Waals surface area contributed by atoms with E-state index in [9.17, 15) is 19.7 Å². The fraction of sp³-hybridized carbons (Fsp3) is 0.385. The zero-order valence-electron chi connectivity index (χ0n) is 11.4. The normalized spacial score (nSPS) is 18.3. The number of aryl methyl sites for hydroxylation is 1. The number of carbonyl (C=O) groups excluding carboxylic acids is 1. The summed E-state index contributed by atoms with van der Waals surface area (Å²) in [6.45, 7) is 2.49. The van der Waals surface area contributed by atoms with Gasteiger partial charge in [0.1, 0.15) is 11.6 Å². The van der Waals surface area contributed by atoms with E-state index in [0.29, 0.717) is 12.1 Å². The van der Waals surface area contributed by atoms with E-state index < -0.39 is 22.8 Å². The molecule has 0 radical (unpaired) electrons. The number of benzene rings is 1. The molecule has 1 aromatic rings. The Morgan fingerprint density at radius 3 is 2.81 bits per heavy atom. The number of nitrogens with zero attached hydrogens (tertiary/aromatic N) is 2. The first-order valence-electron chi connectivity index (χ1n) is 6.41. The van der Waals surface area contributed by atoms with Gasteiger partial charge in [-0.15, -0.1) is 0 Å². The van der Waals surface area contributed by atoms with Crippen molar-refractivity contribution in [3.8, 4) is 0 Å². The summed E-state index contributed by atoms with van der Waals surface area (Å²) >= 11 is 0. The maximum atomic E-state index is 12.5. The van der Waals surface area contributed by atoms with Crippen LogP contribution in [-0.2, 0) is 4.79 Å². The van der Waals surface area contributed by atoms with Gasteiger partial charge in [0, 0.05) is 25.7 Å². The van der Waals surface area contributed by atoms with E-state index >= 15 is 0 Å². The summed E-state index contributed by atoms with van der Waals surface area (Å²) in [6.07, 6.45) is 0. The molecule has 0 saturated carbocycles. The second kappa shape index (κ2) is 5.88. The van der Waals surface area contributed by atoms with Gasteiger partial charge in [-0.1, -0.05) is 6.07 Å². The largest absolute Gasteiger partial charge is 0.480 e. The molecule has 1 saturated heterocycles. The second-order valence-corrected chi connectivity index (χ2v) is 4.83. The Balaban J connectivity index is 2.40. The number of nitro benzene ring substituents is 1. The molecule has 1 unspecified atom stereocenters. The molecule has 0 bridgehead atoms. The fourth-order valence-electron chi connectivity index (χ4n) is 2.30. The summed E-state index contributed by atoms with van der Waals surface area (Å²) in [6, 6.07) is 3.20. The van der Waals surface area contributed by atoms with Gasteiger partial charge in [-0.2, -0.15) is 0 Å². The molecule has 0 spiro atoms. The minimum absolute atomic E-state index is 0.0758. The molecule has 1 fully saturated rings. The van der Waals surface area contributed by atoms with Gasteiger partial charge in [-0.05, 0) is 18.6 Å². The van der Waals surface area contributed by atoms with Crippen LogP contribution in [0.2, 0.25) is 0 Å². The Morgan fingerprint density at radius 2 is 2.19 bits per heavy atom. The summed E-state index contributed by atoms with van der Waals surface area (Å²) in [7, 11) is 0. The molecule has 1 heterocycles. The van der Waals surface area contributed by atoms with E-state index in [1.54, 1.807) is 13.0 Å². The van der Waals surface area contributed by atoms with E-state index in [-0.39, 0.29) is 24.3 Å². The third-order valence-electron chi connectivity index (χ3n) is 3.37. The van der Waals surface area contributed by atoms with Crippen LogP contribution in [0.5, 0.6) is 0 Å². The highest BCUT2D eigenvalue weighted by atomic mass is 16.6. The summed E-state index contributed by atoms with van der Waals surface area (Å²) in [4.78, 5) is 35.3. The van der Waals surface area contributed by atoms with E-state index in [4.69, 9.17) is 5.11 Å². The quantitative estimate of drug-likeness (QED) is 0.616. The third kappa shape index (κ3) is 3.00. The monoisotopic (exact) mass is 293 g/mol. The van der Waals surface area contributed by atoms with Crippen molar-refractivity contribution in [1.82, 2.24) is 10.2 Å². The van der Waals surface area contributed by atoms with Crippen molar-refractivity contribution in [1.29, 1.82) is 0 Å². The highest BCUT2D eigenvalue weighted by Gasteiger charge is 2.35. The van der Waals surface area contributed by atoms with Crippen LogP contribution in [0, 0.1) is 17.0 Å². The van der Waals surface area contributed by atoms with Crippen LogP contribution in [0.25, 0.3) is 0 Å². The molecule has 21 heavy (non-hydrogen) atoms. The van der Waals surface area contributed by atoms with Crippen molar-refractivity contribution in [2.75, 3.05) is 19.6 Å². The summed E-state index contributed by atoms with van der Waals surface area (Å²) in [5, 5.41) is 23.1. The van der Waals surface area contributed by atoms with Crippen LogP contribution in [0.3, 0.4) is 0 Å². The Hall–Kier alpha value is -2.48. The van der Waals surface area contributed by atoms with E-state index in [1.807, 2.05) is 0 Å². The molecule has 1 atom stereocenters. The first-order valence-corrected chi connectivity index (χ1v) is 6.41. The number of carbonyl (C=O) groups is 2. The summed E-state index contributed by atoms with van der Waals surface area (Å²) in [5.74, 6) is -1.76. The molecule has 1 aromatic carbocycles. The van der Waals surface area contributed by atoms with Gasteiger partial charge < -0.3 is 15.3 Å².